The minimum atomic E-state index is -0.532. The number of pyridine rings is 1. The number of morpholine rings is 1. The summed E-state index contributed by atoms with van der Waals surface area (Å²) in [6, 6.07) is 10.4. The number of hydrogen-bond acceptors (Lipinski definition) is 8. The van der Waals surface area contributed by atoms with E-state index in [4.69, 9.17) is 29.7 Å². The van der Waals surface area contributed by atoms with Crippen LogP contribution >= 0.6 is 0 Å². The fourth-order valence-corrected chi connectivity index (χ4v) is 5.58. The molecule has 39 heavy (non-hydrogen) atoms. The summed E-state index contributed by atoms with van der Waals surface area (Å²) in [5.41, 5.74) is 10.1. The van der Waals surface area contributed by atoms with E-state index < -0.39 is 5.60 Å². The van der Waals surface area contributed by atoms with Gasteiger partial charge in [0, 0.05) is 24.7 Å². The topological polar surface area (TPSA) is 99.4 Å². The largest absolute Gasteiger partial charge is 0.483 e. The van der Waals surface area contributed by atoms with Crippen LogP contribution in [0.25, 0.3) is 16.7 Å². The van der Waals surface area contributed by atoms with Crippen LogP contribution in [0.2, 0.25) is 0 Å². The minimum Gasteiger partial charge on any atom is -0.483 e. The first-order chi connectivity index (χ1) is 18.5. The summed E-state index contributed by atoms with van der Waals surface area (Å²) in [5.74, 6) is 1.78. The van der Waals surface area contributed by atoms with Gasteiger partial charge in [0.25, 0.3) is 0 Å². The average Bonchev–Trinajstić information content (AvgIpc) is 2.90. The van der Waals surface area contributed by atoms with Crippen LogP contribution in [-0.4, -0.2) is 67.1 Å². The number of methoxy groups -OCH3 is 1. The van der Waals surface area contributed by atoms with Crippen molar-refractivity contribution >= 4 is 17.5 Å². The molecule has 3 aliphatic rings. The Hall–Kier alpha value is -3.72. The molecule has 2 fully saturated rings. The molecule has 2 aromatic rings. The summed E-state index contributed by atoms with van der Waals surface area (Å²) >= 11 is 0. The van der Waals surface area contributed by atoms with E-state index in [1.165, 1.54) is 7.11 Å². The molecule has 1 unspecified atom stereocenters. The summed E-state index contributed by atoms with van der Waals surface area (Å²) in [7, 11) is 3.59. The Morgan fingerprint density at radius 2 is 1.87 bits per heavy atom. The molecule has 208 valence electrons. The van der Waals surface area contributed by atoms with Crippen LogP contribution in [0.1, 0.15) is 44.7 Å². The lowest BCUT2D eigenvalue weighted by Crippen LogP contribution is -2.62. The monoisotopic (exact) mass is 534 g/mol. The van der Waals surface area contributed by atoms with E-state index >= 15 is 0 Å². The van der Waals surface area contributed by atoms with Gasteiger partial charge in [-0.3, -0.25) is 4.90 Å². The number of allylic oxidation sites excluding steroid dienone is 2. The highest BCUT2D eigenvalue weighted by Crippen LogP contribution is 2.40. The fourth-order valence-electron chi connectivity index (χ4n) is 5.58. The number of benzene rings is 1. The predicted octanol–water partition coefficient (Wildman–Crippen LogP) is 4.70. The third-order valence-corrected chi connectivity index (χ3v) is 7.54. The Labute approximate surface area is 230 Å². The van der Waals surface area contributed by atoms with Gasteiger partial charge in [0.05, 0.1) is 32.4 Å². The molecule has 0 spiro atoms. The number of rotatable bonds is 5. The maximum absolute atomic E-state index is 12.9. The lowest BCUT2D eigenvalue weighted by atomic mass is 9.89. The summed E-state index contributed by atoms with van der Waals surface area (Å²) in [6.07, 6.45) is 3.01. The molecule has 2 bridgehead atoms. The van der Waals surface area contributed by atoms with Crippen LogP contribution in [0.3, 0.4) is 0 Å². The van der Waals surface area contributed by atoms with Crippen LogP contribution in [0.4, 0.5) is 10.6 Å². The van der Waals surface area contributed by atoms with Gasteiger partial charge >= 0.3 is 6.09 Å². The average molecular weight is 535 g/mol. The molecule has 9 nitrogen and oxygen atoms in total. The number of carbonyl (C=O) groups excluding carboxylic acids is 1. The summed E-state index contributed by atoms with van der Waals surface area (Å²) in [4.78, 5) is 21.9. The minimum absolute atomic E-state index is 0.0291. The number of anilines is 1. The first-order valence-electron chi connectivity index (χ1n) is 13.3. The van der Waals surface area contributed by atoms with Crippen molar-refractivity contribution in [1.29, 1.82) is 0 Å². The molecular formula is C30H38N4O5. The van der Waals surface area contributed by atoms with E-state index in [9.17, 15) is 4.79 Å². The molecular weight excluding hydrogens is 496 g/mol. The Morgan fingerprint density at radius 3 is 2.54 bits per heavy atom. The highest BCUT2D eigenvalue weighted by Gasteiger charge is 2.44. The van der Waals surface area contributed by atoms with E-state index in [1.807, 2.05) is 37.8 Å². The van der Waals surface area contributed by atoms with Gasteiger partial charge in [0.15, 0.2) is 5.88 Å². The smallest absolute Gasteiger partial charge is 0.410 e. The summed E-state index contributed by atoms with van der Waals surface area (Å²) in [5, 5.41) is 0. The molecule has 9 heteroatoms. The highest BCUT2D eigenvalue weighted by molar-refractivity contribution is 5.79. The van der Waals surface area contributed by atoms with E-state index in [0.29, 0.717) is 31.6 Å². The molecule has 0 saturated carbocycles. The van der Waals surface area contributed by atoms with Gasteiger partial charge in [-0.05, 0) is 74.1 Å². The highest BCUT2D eigenvalue weighted by atomic mass is 16.6. The van der Waals surface area contributed by atoms with Crippen molar-refractivity contribution in [1.82, 2.24) is 9.88 Å². The lowest BCUT2D eigenvalue weighted by molar-refractivity contribution is -0.0820. The maximum atomic E-state index is 12.9. The van der Waals surface area contributed by atoms with Crippen LogP contribution in [0, 0.1) is 0 Å². The van der Waals surface area contributed by atoms with Gasteiger partial charge in [-0.25, -0.2) is 4.79 Å². The van der Waals surface area contributed by atoms with Crippen molar-refractivity contribution in [2.45, 2.75) is 63.9 Å². The SMILES string of the molecule is C=C(/C=C(\N)OC)c1ccc2c(c1)COc1nc(N(C)C3C[C@H]4COC[C@@H](C3)N4C(=O)OC(C)(C)C)ccc1-2. The number of ether oxygens (including phenoxy) is 4. The molecule has 0 radical (unpaired) electrons. The number of aromatic nitrogens is 1. The second-order valence-electron chi connectivity index (χ2n) is 11.4. The van der Waals surface area contributed by atoms with Crippen molar-refractivity contribution in [3.8, 4) is 17.0 Å². The predicted molar refractivity (Wildman–Crippen MR) is 150 cm³/mol. The number of nitrogens with two attached hydrogens (primary N) is 1. The van der Waals surface area contributed by atoms with Crippen molar-refractivity contribution in [2.75, 3.05) is 32.3 Å². The number of hydrogen-bond donors (Lipinski definition) is 1. The van der Waals surface area contributed by atoms with E-state index in [2.05, 4.69) is 36.7 Å². The zero-order valence-corrected chi connectivity index (χ0v) is 23.4. The quantitative estimate of drug-likeness (QED) is 0.435. The first kappa shape index (κ1) is 26.9. The summed E-state index contributed by atoms with van der Waals surface area (Å²) < 4.78 is 22.7. The zero-order chi connectivity index (χ0) is 27.9. The Bertz CT molecular complexity index is 1290. The van der Waals surface area contributed by atoms with Crippen LogP contribution in [-0.2, 0) is 20.8 Å². The van der Waals surface area contributed by atoms with Crippen LogP contribution in [0.15, 0.2) is 48.9 Å². The first-order valence-corrected chi connectivity index (χ1v) is 13.3. The second-order valence-corrected chi connectivity index (χ2v) is 11.4. The molecule has 1 aromatic carbocycles. The normalized spacial score (nSPS) is 22.2. The number of piperidine rings is 1. The molecule has 1 aromatic heterocycles. The van der Waals surface area contributed by atoms with Gasteiger partial charge in [-0.2, -0.15) is 4.98 Å². The Morgan fingerprint density at radius 1 is 1.18 bits per heavy atom. The molecule has 4 heterocycles. The van der Waals surface area contributed by atoms with Gasteiger partial charge in [0.1, 0.15) is 18.0 Å². The standard InChI is InChI=1S/C30H38N4O5/c1-18(11-26(31)36-6)19-7-8-24-20(12-19)15-38-28-25(24)9-10-27(32-28)33(5)21-13-22-16-37-17-23(14-21)34(22)29(35)39-30(2,3)4/h7-12,21-23H,1,13-17,31H2,2-6H3/b26-11+/t21?,22-,23+. The third kappa shape index (κ3) is 5.54. The van der Waals surface area contributed by atoms with Gasteiger partial charge in [0.2, 0.25) is 5.88 Å². The van der Waals surface area contributed by atoms with Gasteiger partial charge in [-0.1, -0.05) is 18.7 Å². The fraction of sp³-hybridized carbons (Fsp3) is 0.467. The van der Waals surface area contributed by atoms with Crippen molar-refractivity contribution in [2.24, 2.45) is 5.73 Å². The van der Waals surface area contributed by atoms with Gasteiger partial charge in [-0.15, -0.1) is 0 Å². The molecule has 3 atom stereocenters. The van der Waals surface area contributed by atoms with E-state index in [0.717, 1.165) is 46.5 Å². The second kappa shape index (κ2) is 10.4. The Balaban J connectivity index is 1.32. The third-order valence-electron chi connectivity index (χ3n) is 7.54. The Kier molecular flexibility index (Phi) is 7.20. The lowest BCUT2D eigenvalue weighted by Gasteiger charge is -2.50. The van der Waals surface area contributed by atoms with Crippen molar-refractivity contribution in [3.63, 3.8) is 0 Å². The van der Waals surface area contributed by atoms with Crippen LogP contribution in [0.5, 0.6) is 5.88 Å². The molecule has 0 aliphatic carbocycles. The molecule has 2 saturated heterocycles. The van der Waals surface area contributed by atoms with Crippen LogP contribution < -0.4 is 15.4 Å². The number of amides is 1. The maximum Gasteiger partial charge on any atom is 0.410 e. The van der Waals surface area contributed by atoms with Crippen molar-refractivity contribution in [3.05, 3.63) is 60.0 Å². The van der Waals surface area contributed by atoms with Gasteiger partial charge < -0.3 is 29.6 Å². The number of fused-ring (bicyclic) bond motifs is 5. The van der Waals surface area contributed by atoms with E-state index in [-0.39, 0.29) is 24.2 Å². The molecule has 3 aliphatic heterocycles. The molecule has 1 amide bonds. The summed E-state index contributed by atoms with van der Waals surface area (Å²) in [6.45, 7) is 11.2. The number of nitrogens with zero attached hydrogens (tertiary/aromatic N) is 3. The molecule has 5 rings (SSSR count). The van der Waals surface area contributed by atoms with Crippen molar-refractivity contribution < 1.29 is 23.7 Å². The number of carbonyl (C=O) groups is 1. The van der Waals surface area contributed by atoms with E-state index in [1.54, 1.807) is 6.08 Å². The zero-order valence-electron chi connectivity index (χ0n) is 23.4. The molecule has 2 N–H and O–H groups in total.